The first-order valence-electron chi connectivity index (χ1n) is 8.85. The fourth-order valence-corrected chi connectivity index (χ4v) is 3.57. The SMILES string of the molecule is CCCNC(=O)c1sc(NC(=O)c2ccc(C)cc2)c(C(=O)OCC)c1C. The summed E-state index contributed by atoms with van der Waals surface area (Å²) < 4.78 is 5.11. The Balaban J connectivity index is 2.37. The fourth-order valence-electron chi connectivity index (χ4n) is 2.47. The van der Waals surface area contributed by atoms with Crippen molar-refractivity contribution < 1.29 is 19.1 Å². The van der Waals surface area contributed by atoms with Gasteiger partial charge < -0.3 is 15.4 Å². The second-order valence-corrected chi connectivity index (χ2v) is 7.08. The van der Waals surface area contributed by atoms with Crippen LogP contribution in [0.4, 0.5) is 5.00 Å². The van der Waals surface area contributed by atoms with E-state index < -0.39 is 5.97 Å². The largest absolute Gasteiger partial charge is 0.462 e. The summed E-state index contributed by atoms with van der Waals surface area (Å²) in [5.74, 6) is -1.16. The summed E-state index contributed by atoms with van der Waals surface area (Å²) in [4.78, 5) is 37.8. The molecule has 0 radical (unpaired) electrons. The number of nitrogens with one attached hydrogen (secondary N) is 2. The van der Waals surface area contributed by atoms with Crippen LogP contribution < -0.4 is 10.6 Å². The molecule has 2 amide bonds. The van der Waals surface area contributed by atoms with Gasteiger partial charge in [-0.05, 0) is 44.9 Å². The maximum Gasteiger partial charge on any atom is 0.341 e. The minimum Gasteiger partial charge on any atom is -0.462 e. The highest BCUT2D eigenvalue weighted by atomic mass is 32.1. The van der Waals surface area contributed by atoms with Crippen LogP contribution in [0.1, 0.15) is 61.8 Å². The number of rotatable bonds is 7. The number of thiophene rings is 1. The number of anilines is 1. The predicted molar refractivity (Wildman–Crippen MR) is 107 cm³/mol. The second-order valence-electron chi connectivity index (χ2n) is 6.06. The molecule has 0 spiro atoms. The number of amides is 2. The molecule has 0 bridgehead atoms. The van der Waals surface area contributed by atoms with Gasteiger partial charge in [-0.3, -0.25) is 9.59 Å². The van der Waals surface area contributed by atoms with Crippen LogP contribution in [-0.2, 0) is 4.74 Å². The molecule has 0 unspecified atom stereocenters. The van der Waals surface area contributed by atoms with Gasteiger partial charge in [0.2, 0.25) is 0 Å². The van der Waals surface area contributed by atoms with Gasteiger partial charge in [-0.15, -0.1) is 11.3 Å². The van der Waals surface area contributed by atoms with Crippen molar-refractivity contribution in [2.75, 3.05) is 18.5 Å². The van der Waals surface area contributed by atoms with E-state index in [0.29, 0.717) is 27.5 Å². The van der Waals surface area contributed by atoms with Crippen molar-refractivity contribution in [1.82, 2.24) is 5.32 Å². The van der Waals surface area contributed by atoms with Gasteiger partial charge in [0.05, 0.1) is 17.0 Å². The van der Waals surface area contributed by atoms with Crippen molar-refractivity contribution in [3.8, 4) is 0 Å². The monoisotopic (exact) mass is 388 g/mol. The number of hydrogen-bond acceptors (Lipinski definition) is 5. The number of benzene rings is 1. The van der Waals surface area contributed by atoms with E-state index in [1.807, 2.05) is 26.0 Å². The van der Waals surface area contributed by atoms with E-state index in [2.05, 4.69) is 10.6 Å². The van der Waals surface area contributed by atoms with Gasteiger partial charge in [0.25, 0.3) is 11.8 Å². The van der Waals surface area contributed by atoms with E-state index >= 15 is 0 Å². The molecule has 0 aliphatic rings. The van der Waals surface area contributed by atoms with Gasteiger partial charge in [0.1, 0.15) is 5.00 Å². The van der Waals surface area contributed by atoms with Crippen LogP contribution in [0.2, 0.25) is 0 Å². The Bertz CT molecular complexity index is 840. The lowest BCUT2D eigenvalue weighted by atomic mass is 10.1. The molecule has 1 aromatic carbocycles. The lowest BCUT2D eigenvalue weighted by Gasteiger charge is -2.07. The Morgan fingerprint density at radius 3 is 2.30 bits per heavy atom. The zero-order valence-corrected chi connectivity index (χ0v) is 16.8. The first-order chi connectivity index (χ1) is 12.9. The number of ether oxygens (including phenoxy) is 1. The van der Waals surface area contributed by atoms with E-state index in [1.54, 1.807) is 26.0 Å². The van der Waals surface area contributed by atoms with Gasteiger partial charge in [-0.2, -0.15) is 0 Å². The Labute approximate surface area is 162 Å². The average molecular weight is 388 g/mol. The van der Waals surface area contributed by atoms with Crippen molar-refractivity contribution >= 4 is 34.1 Å². The molecule has 2 aromatic rings. The van der Waals surface area contributed by atoms with Gasteiger partial charge in [0, 0.05) is 12.1 Å². The summed E-state index contributed by atoms with van der Waals surface area (Å²) in [5.41, 5.74) is 2.24. The zero-order chi connectivity index (χ0) is 20.0. The molecule has 0 saturated carbocycles. The molecule has 0 atom stereocenters. The number of esters is 1. The third-order valence-corrected chi connectivity index (χ3v) is 5.11. The minimum atomic E-state index is -0.556. The summed E-state index contributed by atoms with van der Waals surface area (Å²) in [6, 6.07) is 7.10. The predicted octanol–water partition coefficient (Wildman–Crippen LogP) is 3.93. The summed E-state index contributed by atoms with van der Waals surface area (Å²) in [7, 11) is 0. The molecule has 2 N–H and O–H groups in total. The van der Waals surface area contributed by atoms with Crippen LogP contribution in [-0.4, -0.2) is 30.9 Å². The number of carbonyl (C=O) groups is 3. The Kier molecular flexibility index (Phi) is 7.12. The highest BCUT2D eigenvalue weighted by Gasteiger charge is 2.26. The molecule has 7 heteroatoms. The highest BCUT2D eigenvalue weighted by molar-refractivity contribution is 7.18. The van der Waals surface area contributed by atoms with Gasteiger partial charge in [0.15, 0.2) is 0 Å². The standard InChI is InChI=1S/C20H24N2O4S/c1-5-11-21-18(24)16-13(4)15(20(25)26-6-2)19(27-16)22-17(23)14-9-7-12(3)8-10-14/h7-10H,5-6,11H2,1-4H3,(H,21,24)(H,22,23). The van der Waals surface area contributed by atoms with E-state index in [9.17, 15) is 14.4 Å². The van der Waals surface area contributed by atoms with Gasteiger partial charge >= 0.3 is 5.97 Å². The molecular formula is C20H24N2O4S. The Morgan fingerprint density at radius 2 is 1.70 bits per heavy atom. The lowest BCUT2D eigenvalue weighted by Crippen LogP contribution is -2.23. The quantitative estimate of drug-likeness (QED) is 0.704. The average Bonchev–Trinajstić information content (AvgIpc) is 2.96. The van der Waals surface area contributed by atoms with Crippen molar-refractivity contribution in [2.24, 2.45) is 0 Å². The van der Waals surface area contributed by atoms with Gasteiger partial charge in [-0.1, -0.05) is 24.6 Å². The molecule has 2 rings (SSSR count). The molecule has 6 nitrogen and oxygen atoms in total. The molecule has 0 saturated heterocycles. The van der Waals surface area contributed by atoms with E-state index in [0.717, 1.165) is 23.3 Å². The minimum absolute atomic E-state index is 0.205. The molecule has 0 aliphatic carbocycles. The molecule has 0 aliphatic heterocycles. The topological polar surface area (TPSA) is 84.5 Å². The van der Waals surface area contributed by atoms with E-state index in [-0.39, 0.29) is 24.0 Å². The summed E-state index contributed by atoms with van der Waals surface area (Å²) in [6.07, 6.45) is 0.803. The highest BCUT2D eigenvalue weighted by Crippen LogP contribution is 2.34. The maximum atomic E-state index is 12.6. The smallest absolute Gasteiger partial charge is 0.341 e. The van der Waals surface area contributed by atoms with Crippen molar-refractivity contribution in [1.29, 1.82) is 0 Å². The number of aryl methyl sites for hydroxylation is 1. The van der Waals surface area contributed by atoms with Crippen LogP contribution in [0.25, 0.3) is 0 Å². The van der Waals surface area contributed by atoms with E-state index in [4.69, 9.17) is 4.74 Å². The maximum absolute atomic E-state index is 12.6. The van der Waals surface area contributed by atoms with Crippen molar-refractivity contribution in [2.45, 2.75) is 34.1 Å². The van der Waals surface area contributed by atoms with Crippen LogP contribution in [0.5, 0.6) is 0 Å². The molecule has 0 fully saturated rings. The zero-order valence-electron chi connectivity index (χ0n) is 16.0. The van der Waals surface area contributed by atoms with Gasteiger partial charge in [-0.25, -0.2) is 4.79 Å². The lowest BCUT2D eigenvalue weighted by molar-refractivity contribution is 0.0527. The Hall–Kier alpha value is -2.67. The molecule has 27 heavy (non-hydrogen) atoms. The first kappa shape index (κ1) is 20.6. The van der Waals surface area contributed by atoms with Crippen LogP contribution >= 0.6 is 11.3 Å². The van der Waals surface area contributed by atoms with Crippen molar-refractivity contribution in [3.05, 3.63) is 51.4 Å². The fraction of sp³-hybridized carbons (Fsp3) is 0.350. The van der Waals surface area contributed by atoms with Crippen LogP contribution in [0, 0.1) is 13.8 Å². The molecule has 1 aromatic heterocycles. The summed E-state index contributed by atoms with van der Waals surface area (Å²) >= 11 is 1.08. The second kappa shape index (κ2) is 9.32. The first-order valence-corrected chi connectivity index (χ1v) is 9.67. The third kappa shape index (κ3) is 4.95. The Morgan fingerprint density at radius 1 is 1.04 bits per heavy atom. The number of hydrogen-bond donors (Lipinski definition) is 2. The molecule has 1 heterocycles. The van der Waals surface area contributed by atoms with Crippen LogP contribution in [0.3, 0.4) is 0 Å². The number of carbonyl (C=O) groups excluding carboxylic acids is 3. The molecule has 144 valence electrons. The normalized spacial score (nSPS) is 10.4. The van der Waals surface area contributed by atoms with Crippen LogP contribution in [0.15, 0.2) is 24.3 Å². The summed E-state index contributed by atoms with van der Waals surface area (Å²) in [6.45, 7) is 8.03. The van der Waals surface area contributed by atoms with E-state index in [1.165, 1.54) is 0 Å². The third-order valence-electron chi connectivity index (χ3n) is 3.91. The van der Waals surface area contributed by atoms with Crippen molar-refractivity contribution in [3.63, 3.8) is 0 Å². The summed E-state index contributed by atoms with van der Waals surface area (Å²) in [5, 5.41) is 5.87. The molecular weight excluding hydrogens is 364 g/mol.